The van der Waals surface area contributed by atoms with Crippen molar-refractivity contribution in [3.63, 3.8) is 0 Å². The van der Waals surface area contributed by atoms with Gasteiger partial charge in [-0.3, -0.25) is 0 Å². The van der Waals surface area contributed by atoms with Gasteiger partial charge in [-0.15, -0.1) is 11.3 Å². The van der Waals surface area contributed by atoms with E-state index in [1.807, 2.05) is 11.3 Å². The molecule has 0 saturated heterocycles. The number of benzene rings is 6. The average Bonchev–Trinajstić information content (AvgIpc) is 3.60. The summed E-state index contributed by atoms with van der Waals surface area (Å²) in [5.74, 6) is 0.331. The van der Waals surface area contributed by atoms with Crippen molar-refractivity contribution in [2.45, 2.75) is 32.1 Å². The smallest absolute Gasteiger partial charge is 0.0640 e. The first kappa shape index (κ1) is 29.0. The van der Waals surface area contributed by atoms with Gasteiger partial charge in [0.25, 0.3) is 0 Å². The van der Waals surface area contributed by atoms with Crippen LogP contribution in [0.25, 0.3) is 38.4 Å². The number of allylic oxidation sites excluding steroid dienone is 1. The molecule has 2 aliphatic rings. The lowest BCUT2D eigenvalue weighted by Gasteiger charge is -2.42. The zero-order chi connectivity index (χ0) is 32.5. The number of hydrogen-bond donors (Lipinski definition) is 0. The second-order valence-corrected chi connectivity index (χ2v) is 15.0. The normalized spacial score (nSPS) is 18.7. The minimum atomic E-state index is 0.00491. The van der Waals surface area contributed by atoms with Crippen LogP contribution in [0.4, 0.5) is 17.1 Å². The van der Waals surface area contributed by atoms with Gasteiger partial charge in [0.05, 0.1) is 10.4 Å². The summed E-state index contributed by atoms with van der Waals surface area (Å²) < 4.78 is 1.33. The maximum absolute atomic E-state index is 2.52. The maximum atomic E-state index is 2.52. The summed E-state index contributed by atoms with van der Waals surface area (Å²) >= 11 is 1.99. The standard InChI is InChI=1S/C46H37NS/c1-45(2)40-19-11-10-17-39(40)42-44-38(29-30-46(42,45)3)37-18-12-20-41(43(37)48-44)47(35-25-21-33(22-26-35)31-13-6-4-7-14-31)36-27-23-34(24-28-36)32-15-8-5-9-16-32/h4-30,42H,1-3H3. The summed E-state index contributed by atoms with van der Waals surface area (Å²) in [6, 6.07) is 55.4. The Hall–Kier alpha value is -5.18. The first-order chi connectivity index (χ1) is 23.4. The molecule has 0 aliphatic heterocycles. The summed E-state index contributed by atoms with van der Waals surface area (Å²) in [4.78, 5) is 3.93. The van der Waals surface area contributed by atoms with Crippen molar-refractivity contribution in [2.24, 2.45) is 5.41 Å². The molecule has 0 N–H and O–H groups in total. The Kier molecular flexibility index (Phi) is 6.61. The molecule has 0 amide bonds. The van der Waals surface area contributed by atoms with Gasteiger partial charge >= 0.3 is 0 Å². The summed E-state index contributed by atoms with van der Waals surface area (Å²) in [7, 11) is 0. The third-order valence-corrected chi connectivity index (χ3v) is 12.5. The van der Waals surface area contributed by atoms with E-state index in [-0.39, 0.29) is 10.8 Å². The summed E-state index contributed by atoms with van der Waals surface area (Å²) in [6.45, 7) is 7.33. The fourth-order valence-corrected chi connectivity index (χ4v) is 9.81. The lowest BCUT2D eigenvalue weighted by molar-refractivity contribution is 0.244. The molecule has 1 aromatic heterocycles. The molecular formula is C46H37NS. The third-order valence-electron chi connectivity index (χ3n) is 11.2. The minimum absolute atomic E-state index is 0.00491. The van der Waals surface area contributed by atoms with Crippen molar-refractivity contribution in [2.75, 3.05) is 4.90 Å². The Morgan fingerprint density at radius 2 is 1.08 bits per heavy atom. The average molecular weight is 636 g/mol. The van der Waals surface area contributed by atoms with Crippen molar-refractivity contribution in [3.8, 4) is 22.3 Å². The Morgan fingerprint density at radius 1 is 0.542 bits per heavy atom. The maximum Gasteiger partial charge on any atom is 0.0640 e. The van der Waals surface area contributed by atoms with Gasteiger partial charge < -0.3 is 4.90 Å². The molecule has 9 rings (SSSR count). The molecule has 1 heterocycles. The summed E-state index contributed by atoms with van der Waals surface area (Å²) in [5.41, 5.74) is 12.8. The Morgan fingerprint density at radius 3 is 1.69 bits per heavy atom. The molecule has 1 nitrogen and oxygen atoms in total. The molecule has 0 spiro atoms. The van der Waals surface area contributed by atoms with Crippen LogP contribution in [0.5, 0.6) is 0 Å². The Bertz CT molecular complexity index is 2230. The molecule has 2 heteroatoms. The molecular weight excluding hydrogens is 599 g/mol. The quantitative estimate of drug-likeness (QED) is 0.182. The van der Waals surface area contributed by atoms with Gasteiger partial charge in [-0.25, -0.2) is 0 Å². The van der Waals surface area contributed by atoms with E-state index in [9.17, 15) is 0 Å². The number of nitrogens with zero attached hydrogens (tertiary/aromatic N) is 1. The SMILES string of the molecule is CC1(C)c2ccccc2C2c3sc4c(N(c5ccc(-c6ccccc6)cc5)c5ccc(-c6ccccc6)cc5)cccc4c3C=CC21C. The van der Waals surface area contributed by atoms with E-state index in [0.717, 1.165) is 11.4 Å². The van der Waals surface area contributed by atoms with E-state index in [2.05, 4.69) is 189 Å². The highest BCUT2D eigenvalue weighted by atomic mass is 32.1. The number of thiophene rings is 1. The minimum Gasteiger partial charge on any atom is -0.309 e. The van der Waals surface area contributed by atoms with Crippen LogP contribution < -0.4 is 4.90 Å². The molecule has 6 aromatic carbocycles. The molecule has 0 fully saturated rings. The van der Waals surface area contributed by atoms with E-state index < -0.39 is 0 Å². The molecule has 0 radical (unpaired) electrons. The highest BCUT2D eigenvalue weighted by Crippen LogP contribution is 2.65. The number of fused-ring (bicyclic) bond motifs is 7. The molecule has 2 unspecified atom stereocenters. The highest BCUT2D eigenvalue weighted by Gasteiger charge is 2.56. The van der Waals surface area contributed by atoms with Crippen molar-refractivity contribution >= 4 is 44.6 Å². The van der Waals surface area contributed by atoms with Crippen molar-refractivity contribution in [3.05, 3.63) is 179 Å². The van der Waals surface area contributed by atoms with Crippen LogP contribution in [-0.2, 0) is 5.41 Å². The van der Waals surface area contributed by atoms with E-state index in [0.29, 0.717) is 5.92 Å². The molecule has 48 heavy (non-hydrogen) atoms. The van der Waals surface area contributed by atoms with Gasteiger partial charge in [0.15, 0.2) is 0 Å². The van der Waals surface area contributed by atoms with Crippen LogP contribution in [0.3, 0.4) is 0 Å². The van der Waals surface area contributed by atoms with Crippen molar-refractivity contribution in [1.82, 2.24) is 0 Å². The topological polar surface area (TPSA) is 3.24 Å². The number of hydrogen-bond acceptors (Lipinski definition) is 2. The van der Waals surface area contributed by atoms with E-state index in [1.54, 1.807) is 0 Å². The van der Waals surface area contributed by atoms with Gasteiger partial charge in [-0.05, 0) is 74.7 Å². The van der Waals surface area contributed by atoms with E-state index >= 15 is 0 Å². The lowest BCUT2D eigenvalue weighted by Crippen LogP contribution is -2.37. The van der Waals surface area contributed by atoms with Crippen LogP contribution in [0.2, 0.25) is 0 Å². The molecule has 0 bridgehead atoms. The molecule has 0 saturated carbocycles. The van der Waals surface area contributed by atoms with Crippen LogP contribution in [0.15, 0.2) is 158 Å². The fourth-order valence-electron chi connectivity index (χ4n) is 8.27. The van der Waals surface area contributed by atoms with Crippen LogP contribution >= 0.6 is 11.3 Å². The van der Waals surface area contributed by atoms with Crippen LogP contribution in [-0.4, -0.2) is 0 Å². The monoisotopic (exact) mass is 635 g/mol. The first-order valence-corrected chi connectivity index (χ1v) is 17.7. The summed E-state index contributed by atoms with van der Waals surface area (Å²) in [6.07, 6.45) is 4.94. The predicted octanol–water partition coefficient (Wildman–Crippen LogP) is 13.2. The second kappa shape index (κ2) is 10.9. The van der Waals surface area contributed by atoms with Gasteiger partial charge in [0, 0.05) is 33.0 Å². The van der Waals surface area contributed by atoms with Crippen LogP contribution in [0.1, 0.15) is 48.3 Å². The first-order valence-electron chi connectivity index (χ1n) is 16.9. The van der Waals surface area contributed by atoms with E-state index in [1.165, 1.54) is 59.6 Å². The predicted molar refractivity (Wildman–Crippen MR) is 206 cm³/mol. The molecule has 2 aliphatic carbocycles. The lowest BCUT2D eigenvalue weighted by atomic mass is 9.61. The molecule has 2 atom stereocenters. The fraction of sp³-hybridized carbons (Fsp3) is 0.130. The second-order valence-electron chi connectivity index (χ2n) is 14.0. The largest absolute Gasteiger partial charge is 0.309 e. The molecule has 7 aromatic rings. The van der Waals surface area contributed by atoms with Crippen LogP contribution in [0, 0.1) is 5.41 Å². The van der Waals surface area contributed by atoms with Gasteiger partial charge in [0.2, 0.25) is 0 Å². The Balaban J connectivity index is 1.22. The van der Waals surface area contributed by atoms with Crippen molar-refractivity contribution < 1.29 is 0 Å². The van der Waals surface area contributed by atoms with Gasteiger partial charge in [-0.2, -0.15) is 0 Å². The number of rotatable bonds is 5. The summed E-state index contributed by atoms with van der Waals surface area (Å²) in [5, 5.41) is 1.33. The zero-order valence-electron chi connectivity index (χ0n) is 27.5. The van der Waals surface area contributed by atoms with Crippen molar-refractivity contribution in [1.29, 1.82) is 0 Å². The van der Waals surface area contributed by atoms with E-state index in [4.69, 9.17) is 0 Å². The third kappa shape index (κ3) is 4.29. The highest BCUT2D eigenvalue weighted by molar-refractivity contribution is 7.20. The van der Waals surface area contributed by atoms with Gasteiger partial charge in [0.1, 0.15) is 0 Å². The molecule has 232 valence electrons. The zero-order valence-corrected chi connectivity index (χ0v) is 28.3. The number of anilines is 3. The Labute approximate surface area is 287 Å². The van der Waals surface area contributed by atoms with Gasteiger partial charge in [-0.1, -0.05) is 154 Å².